The summed E-state index contributed by atoms with van der Waals surface area (Å²) in [5, 5.41) is 8.63. The number of hydrogen-bond donors (Lipinski definition) is 2. The van der Waals surface area contributed by atoms with Gasteiger partial charge in [-0.25, -0.2) is 9.49 Å². The molecular weight excluding hydrogens is 251 g/mol. The van der Waals surface area contributed by atoms with E-state index in [2.05, 4.69) is 20.5 Å². The first-order chi connectivity index (χ1) is 9.10. The molecule has 2 aromatic rings. The van der Waals surface area contributed by atoms with Crippen LogP contribution in [0.3, 0.4) is 0 Å². The fourth-order valence-corrected chi connectivity index (χ4v) is 1.48. The van der Waals surface area contributed by atoms with Crippen molar-refractivity contribution in [2.75, 3.05) is 11.9 Å². The minimum Gasteiger partial charge on any atom is -0.463 e. The molecule has 0 radical (unpaired) electrons. The van der Waals surface area contributed by atoms with E-state index in [0.29, 0.717) is 6.61 Å². The van der Waals surface area contributed by atoms with Gasteiger partial charge in [0.1, 0.15) is 5.82 Å². The molecule has 1 aromatic carbocycles. The second-order valence-electron chi connectivity index (χ2n) is 3.84. The number of benzene rings is 1. The molecule has 0 aliphatic heterocycles. The molecule has 2 N–H and O–H groups in total. The van der Waals surface area contributed by atoms with E-state index in [9.17, 15) is 9.18 Å². The summed E-state index contributed by atoms with van der Waals surface area (Å²) in [6.07, 6.45) is 0. The summed E-state index contributed by atoms with van der Waals surface area (Å²) in [5.74, 6) is -1.08. The molecule has 2 rings (SSSR count). The van der Waals surface area contributed by atoms with Crippen molar-refractivity contribution in [1.29, 1.82) is 0 Å². The Balaban J connectivity index is 2.13. The zero-order chi connectivity index (χ0) is 13.8. The van der Waals surface area contributed by atoms with Crippen molar-refractivity contribution in [1.82, 2.24) is 15.2 Å². The van der Waals surface area contributed by atoms with Gasteiger partial charge in [0.15, 0.2) is 0 Å². The molecule has 19 heavy (non-hydrogen) atoms. The molecule has 0 fully saturated rings. The summed E-state index contributed by atoms with van der Waals surface area (Å²) in [7, 11) is 0. The van der Waals surface area contributed by atoms with Crippen LogP contribution in [0.25, 0.3) is 0 Å². The molecule has 0 saturated carbocycles. The maximum Gasteiger partial charge on any atom is 0.337 e. The van der Waals surface area contributed by atoms with E-state index in [4.69, 9.17) is 4.74 Å². The van der Waals surface area contributed by atoms with Gasteiger partial charge in [-0.2, -0.15) is 4.98 Å². The first kappa shape index (κ1) is 13.0. The van der Waals surface area contributed by atoms with E-state index in [1.165, 1.54) is 12.1 Å². The largest absolute Gasteiger partial charge is 0.463 e. The molecule has 0 atom stereocenters. The quantitative estimate of drug-likeness (QED) is 0.883. The molecule has 0 unspecified atom stereocenters. The van der Waals surface area contributed by atoms with Gasteiger partial charge in [0.2, 0.25) is 5.95 Å². The van der Waals surface area contributed by atoms with E-state index in [-0.39, 0.29) is 17.5 Å². The van der Waals surface area contributed by atoms with Crippen LogP contribution in [0.4, 0.5) is 10.3 Å². The van der Waals surface area contributed by atoms with Gasteiger partial charge in [0.25, 0.3) is 5.91 Å². The predicted octanol–water partition coefficient (Wildman–Crippen LogP) is 1.90. The zero-order valence-electron chi connectivity index (χ0n) is 10.5. The number of carbonyl (C=O) groups excluding carboxylic acids is 1. The molecule has 1 amide bonds. The lowest BCUT2D eigenvalue weighted by atomic mass is 10.1. The summed E-state index contributed by atoms with van der Waals surface area (Å²) >= 11 is 0. The van der Waals surface area contributed by atoms with Gasteiger partial charge in [0, 0.05) is 0 Å². The first-order valence-corrected chi connectivity index (χ1v) is 5.73. The molecule has 0 spiro atoms. The molecule has 1 heterocycles. The molecule has 7 heteroatoms. The van der Waals surface area contributed by atoms with E-state index in [0.717, 1.165) is 5.56 Å². The highest BCUT2D eigenvalue weighted by molar-refractivity contribution is 6.03. The summed E-state index contributed by atoms with van der Waals surface area (Å²) in [6, 6.07) is 4.43. The maximum atomic E-state index is 13.5. The smallest absolute Gasteiger partial charge is 0.337 e. The van der Waals surface area contributed by atoms with Crippen molar-refractivity contribution >= 4 is 11.9 Å². The van der Waals surface area contributed by atoms with Crippen LogP contribution < -0.4 is 10.1 Å². The molecule has 0 bridgehead atoms. The summed E-state index contributed by atoms with van der Waals surface area (Å²) in [4.78, 5) is 15.7. The lowest BCUT2D eigenvalue weighted by molar-refractivity contribution is 0.102. The second kappa shape index (κ2) is 5.47. The zero-order valence-corrected chi connectivity index (χ0v) is 10.5. The lowest BCUT2D eigenvalue weighted by Gasteiger charge is -2.03. The molecule has 6 nitrogen and oxygen atoms in total. The highest BCUT2D eigenvalue weighted by Crippen LogP contribution is 2.12. The number of anilines is 1. The third kappa shape index (κ3) is 3.06. The number of H-pyrrole nitrogens is 1. The van der Waals surface area contributed by atoms with Crippen molar-refractivity contribution in [2.24, 2.45) is 0 Å². The van der Waals surface area contributed by atoms with E-state index in [1.807, 2.05) is 0 Å². The maximum absolute atomic E-state index is 13.5. The molecule has 0 aliphatic rings. The highest BCUT2D eigenvalue weighted by atomic mass is 19.1. The minimum atomic E-state index is -0.597. The average Bonchev–Trinajstić information content (AvgIpc) is 2.80. The standard InChI is InChI=1S/C12H13FN4O2/c1-3-19-12-15-11(16-17-12)14-10(18)8-6-7(2)4-5-9(8)13/h4-6H,3H2,1-2H3,(H2,14,15,16,17,18). The van der Waals surface area contributed by atoms with E-state index < -0.39 is 11.7 Å². The summed E-state index contributed by atoms with van der Waals surface area (Å²) < 4.78 is 18.6. The van der Waals surface area contributed by atoms with Crippen LogP contribution >= 0.6 is 0 Å². The molecular formula is C12H13FN4O2. The van der Waals surface area contributed by atoms with E-state index in [1.54, 1.807) is 19.9 Å². The average molecular weight is 264 g/mol. The SMILES string of the molecule is CCOc1n[nH]c(NC(=O)c2cc(C)ccc2F)n1. The first-order valence-electron chi connectivity index (χ1n) is 5.73. The molecule has 100 valence electrons. The number of amides is 1. The van der Waals surface area contributed by atoms with Crippen LogP contribution in [0, 0.1) is 12.7 Å². The van der Waals surface area contributed by atoms with Gasteiger partial charge in [-0.3, -0.25) is 10.1 Å². The van der Waals surface area contributed by atoms with Crippen molar-refractivity contribution in [3.63, 3.8) is 0 Å². The van der Waals surface area contributed by atoms with Gasteiger partial charge in [0.05, 0.1) is 12.2 Å². The van der Waals surface area contributed by atoms with Gasteiger partial charge in [-0.1, -0.05) is 11.6 Å². The Labute approximate surface area is 109 Å². The number of aryl methyl sites for hydroxylation is 1. The Morgan fingerprint density at radius 3 is 3.05 bits per heavy atom. The number of rotatable bonds is 4. The molecule has 0 saturated heterocycles. The third-order valence-electron chi connectivity index (χ3n) is 2.34. The number of halogens is 1. The lowest BCUT2D eigenvalue weighted by Crippen LogP contribution is -2.15. The number of carbonyl (C=O) groups is 1. The van der Waals surface area contributed by atoms with Crippen LogP contribution in [0.2, 0.25) is 0 Å². The topological polar surface area (TPSA) is 79.9 Å². The van der Waals surface area contributed by atoms with Crippen molar-refractivity contribution in [2.45, 2.75) is 13.8 Å². The Kier molecular flexibility index (Phi) is 3.74. The number of nitrogens with zero attached hydrogens (tertiary/aromatic N) is 2. The van der Waals surface area contributed by atoms with Crippen molar-refractivity contribution < 1.29 is 13.9 Å². The van der Waals surface area contributed by atoms with Gasteiger partial charge >= 0.3 is 6.01 Å². The Morgan fingerprint density at radius 2 is 2.32 bits per heavy atom. The second-order valence-corrected chi connectivity index (χ2v) is 3.84. The fourth-order valence-electron chi connectivity index (χ4n) is 1.48. The van der Waals surface area contributed by atoms with E-state index >= 15 is 0 Å². The summed E-state index contributed by atoms with van der Waals surface area (Å²) in [5.41, 5.74) is 0.744. The number of ether oxygens (including phenoxy) is 1. The highest BCUT2D eigenvalue weighted by Gasteiger charge is 2.14. The Hall–Kier alpha value is -2.44. The number of nitrogens with one attached hydrogen (secondary N) is 2. The Bertz CT molecular complexity index is 597. The number of aromatic nitrogens is 3. The molecule has 0 aliphatic carbocycles. The Morgan fingerprint density at radius 1 is 1.53 bits per heavy atom. The summed E-state index contributed by atoms with van der Waals surface area (Å²) in [6.45, 7) is 3.98. The minimum absolute atomic E-state index is 0.0469. The van der Waals surface area contributed by atoms with Crippen LogP contribution in [-0.4, -0.2) is 27.7 Å². The van der Waals surface area contributed by atoms with Gasteiger partial charge in [-0.05, 0) is 26.0 Å². The fraction of sp³-hybridized carbons (Fsp3) is 0.250. The van der Waals surface area contributed by atoms with Crippen LogP contribution in [0.15, 0.2) is 18.2 Å². The normalized spacial score (nSPS) is 10.3. The monoisotopic (exact) mass is 264 g/mol. The predicted molar refractivity (Wildman–Crippen MR) is 66.6 cm³/mol. The third-order valence-corrected chi connectivity index (χ3v) is 2.34. The van der Waals surface area contributed by atoms with Gasteiger partial charge in [-0.15, -0.1) is 5.10 Å². The van der Waals surface area contributed by atoms with Gasteiger partial charge < -0.3 is 4.74 Å². The number of hydrogen-bond acceptors (Lipinski definition) is 4. The van der Waals surface area contributed by atoms with Crippen molar-refractivity contribution in [3.05, 3.63) is 35.1 Å². The molecule has 1 aromatic heterocycles. The van der Waals surface area contributed by atoms with Crippen LogP contribution in [0.5, 0.6) is 6.01 Å². The van der Waals surface area contributed by atoms with Crippen molar-refractivity contribution in [3.8, 4) is 6.01 Å². The van der Waals surface area contributed by atoms with Crippen LogP contribution in [0.1, 0.15) is 22.8 Å². The van der Waals surface area contributed by atoms with Crippen LogP contribution in [-0.2, 0) is 0 Å². The number of aromatic amines is 1.